The molecule has 3 nitrogen and oxygen atoms in total. The highest BCUT2D eigenvalue weighted by atomic mass is 19.1. The maximum Gasteiger partial charge on any atom is 0.124 e. The first kappa shape index (κ1) is 14.3. The van der Waals surface area contributed by atoms with E-state index in [-0.39, 0.29) is 17.5 Å². The van der Waals surface area contributed by atoms with Gasteiger partial charge in [-0.05, 0) is 51.9 Å². The highest BCUT2D eigenvalue weighted by molar-refractivity contribution is 5.33. The molecule has 1 aliphatic heterocycles. The van der Waals surface area contributed by atoms with Crippen molar-refractivity contribution < 1.29 is 13.9 Å². The van der Waals surface area contributed by atoms with Gasteiger partial charge in [0.05, 0.1) is 11.7 Å². The van der Waals surface area contributed by atoms with Crippen LogP contribution in [0.2, 0.25) is 0 Å². The molecule has 0 bridgehead atoms. The highest BCUT2D eigenvalue weighted by Crippen LogP contribution is 2.30. The maximum atomic E-state index is 13.2. The van der Waals surface area contributed by atoms with Crippen molar-refractivity contribution in [2.24, 2.45) is 0 Å². The van der Waals surface area contributed by atoms with Gasteiger partial charge in [-0.1, -0.05) is 0 Å². The maximum absolute atomic E-state index is 13.2. The molecule has 1 aliphatic rings. The summed E-state index contributed by atoms with van der Waals surface area (Å²) in [6.45, 7) is 5.30. The first-order chi connectivity index (χ1) is 9.00. The van der Waals surface area contributed by atoms with Crippen LogP contribution in [0.1, 0.15) is 32.3 Å². The molecule has 0 aliphatic carbocycles. The number of halogens is 1. The molecule has 1 aromatic carbocycles. The third-order valence-electron chi connectivity index (χ3n) is 3.37. The number of nitrogens with one attached hydrogen (secondary N) is 1. The molecule has 1 unspecified atom stereocenters. The van der Waals surface area contributed by atoms with Gasteiger partial charge in [0.25, 0.3) is 0 Å². The van der Waals surface area contributed by atoms with E-state index in [9.17, 15) is 4.39 Å². The van der Waals surface area contributed by atoms with E-state index in [1.54, 1.807) is 6.07 Å². The summed E-state index contributed by atoms with van der Waals surface area (Å²) in [7, 11) is 1.83. The van der Waals surface area contributed by atoms with Gasteiger partial charge in [-0.3, -0.25) is 0 Å². The van der Waals surface area contributed by atoms with Crippen LogP contribution >= 0.6 is 0 Å². The molecule has 1 heterocycles. The summed E-state index contributed by atoms with van der Waals surface area (Å²) < 4.78 is 24.9. The lowest BCUT2D eigenvalue weighted by Crippen LogP contribution is -2.24. The Labute approximate surface area is 114 Å². The Morgan fingerprint density at radius 2 is 2.26 bits per heavy atom. The molecule has 4 heteroatoms. The van der Waals surface area contributed by atoms with Crippen LogP contribution in [0.5, 0.6) is 5.75 Å². The molecule has 0 aromatic heterocycles. The zero-order chi connectivity index (χ0) is 13.9. The second kappa shape index (κ2) is 5.88. The van der Waals surface area contributed by atoms with Crippen molar-refractivity contribution in [1.82, 2.24) is 5.32 Å². The summed E-state index contributed by atoms with van der Waals surface area (Å²) in [6, 6.07) is 4.61. The molecule has 1 saturated heterocycles. The number of rotatable bonds is 5. The zero-order valence-corrected chi connectivity index (χ0v) is 11.8. The van der Waals surface area contributed by atoms with Gasteiger partial charge in [0.15, 0.2) is 0 Å². The molecule has 106 valence electrons. The number of hydrogen-bond donors (Lipinski definition) is 1. The second-order valence-corrected chi connectivity index (χ2v) is 5.63. The Kier molecular flexibility index (Phi) is 4.42. The van der Waals surface area contributed by atoms with Crippen LogP contribution in [-0.4, -0.2) is 25.4 Å². The Morgan fingerprint density at radius 3 is 2.89 bits per heavy atom. The highest BCUT2D eigenvalue weighted by Gasteiger charge is 2.31. The summed E-state index contributed by atoms with van der Waals surface area (Å²) in [5, 5.41) is 3.01. The van der Waals surface area contributed by atoms with Crippen LogP contribution < -0.4 is 10.1 Å². The molecule has 0 saturated carbocycles. The first-order valence-corrected chi connectivity index (χ1v) is 6.74. The Balaban J connectivity index is 1.96. The van der Waals surface area contributed by atoms with Crippen LogP contribution in [0.3, 0.4) is 0 Å². The second-order valence-electron chi connectivity index (χ2n) is 5.63. The SMILES string of the molecule is CNCc1cc(F)ccc1OCC1CCC(C)(C)O1. The Hall–Kier alpha value is -1.13. The lowest BCUT2D eigenvalue weighted by atomic mass is 10.1. The first-order valence-electron chi connectivity index (χ1n) is 6.74. The minimum Gasteiger partial charge on any atom is -0.491 e. The summed E-state index contributed by atoms with van der Waals surface area (Å²) in [5.74, 6) is 0.486. The van der Waals surface area contributed by atoms with Crippen molar-refractivity contribution in [3.8, 4) is 5.75 Å². The van der Waals surface area contributed by atoms with E-state index in [2.05, 4.69) is 19.2 Å². The monoisotopic (exact) mass is 267 g/mol. The van der Waals surface area contributed by atoms with Crippen molar-refractivity contribution >= 4 is 0 Å². The lowest BCUT2D eigenvalue weighted by Gasteiger charge is -2.20. The smallest absolute Gasteiger partial charge is 0.124 e. The summed E-state index contributed by atoms with van der Waals surface area (Å²) >= 11 is 0. The number of benzene rings is 1. The van der Waals surface area contributed by atoms with E-state index in [4.69, 9.17) is 9.47 Å². The number of ether oxygens (including phenoxy) is 2. The van der Waals surface area contributed by atoms with Gasteiger partial charge in [0, 0.05) is 12.1 Å². The summed E-state index contributed by atoms with van der Waals surface area (Å²) in [5.41, 5.74) is 0.782. The molecular formula is C15H22FNO2. The molecule has 0 spiro atoms. The average Bonchev–Trinajstić information content (AvgIpc) is 2.68. The fourth-order valence-corrected chi connectivity index (χ4v) is 2.40. The predicted octanol–water partition coefficient (Wildman–Crippen LogP) is 2.88. The minimum atomic E-state index is -0.240. The molecule has 1 aromatic rings. The van der Waals surface area contributed by atoms with Crippen LogP contribution in [0.4, 0.5) is 4.39 Å². The predicted molar refractivity (Wildman–Crippen MR) is 72.8 cm³/mol. The van der Waals surface area contributed by atoms with Gasteiger partial charge >= 0.3 is 0 Å². The largest absolute Gasteiger partial charge is 0.491 e. The van der Waals surface area contributed by atoms with E-state index >= 15 is 0 Å². The van der Waals surface area contributed by atoms with Gasteiger partial charge in [-0.2, -0.15) is 0 Å². The molecular weight excluding hydrogens is 245 g/mol. The molecule has 1 atom stereocenters. The number of hydrogen-bond acceptors (Lipinski definition) is 3. The molecule has 0 amide bonds. The Bertz CT molecular complexity index is 434. The topological polar surface area (TPSA) is 30.5 Å². The van der Waals surface area contributed by atoms with E-state index in [1.165, 1.54) is 12.1 Å². The van der Waals surface area contributed by atoms with Crippen molar-refractivity contribution in [3.05, 3.63) is 29.6 Å². The molecule has 19 heavy (non-hydrogen) atoms. The molecule has 1 fully saturated rings. The van der Waals surface area contributed by atoms with Crippen LogP contribution in [-0.2, 0) is 11.3 Å². The van der Waals surface area contributed by atoms with Crippen LogP contribution in [0, 0.1) is 5.82 Å². The van der Waals surface area contributed by atoms with E-state index < -0.39 is 0 Å². The van der Waals surface area contributed by atoms with Gasteiger partial charge < -0.3 is 14.8 Å². The average molecular weight is 267 g/mol. The fraction of sp³-hybridized carbons (Fsp3) is 0.600. The van der Waals surface area contributed by atoms with Crippen molar-refractivity contribution in [2.45, 2.75) is 44.9 Å². The van der Waals surface area contributed by atoms with E-state index in [1.807, 2.05) is 7.05 Å². The lowest BCUT2D eigenvalue weighted by molar-refractivity contribution is -0.0327. The van der Waals surface area contributed by atoms with Crippen LogP contribution in [0.15, 0.2) is 18.2 Å². The van der Waals surface area contributed by atoms with Gasteiger partial charge in [-0.25, -0.2) is 4.39 Å². The van der Waals surface area contributed by atoms with E-state index in [0.717, 1.165) is 24.2 Å². The summed E-state index contributed by atoms with van der Waals surface area (Å²) in [4.78, 5) is 0. The van der Waals surface area contributed by atoms with Crippen molar-refractivity contribution in [2.75, 3.05) is 13.7 Å². The van der Waals surface area contributed by atoms with Crippen molar-refractivity contribution in [1.29, 1.82) is 0 Å². The zero-order valence-electron chi connectivity index (χ0n) is 11.8. The van der Waals surface area contributed by atoms with Crippen LogP contribution in [0.25, 0.3) is 0 Å². The Morgan fingerprint density at radius 1 is 1.47 bits per heavy atom. The third kappa shape index (κ3) is 3.91. The van der Waals surface area contributed by atoms with Gasteiger partial charge in [0.2, 0.25) is 0 Å². The molecule has 2 rings (SSSR count). The summed E-state index contributed by atoms with van der Waals surface area (Å²) in [6.07, 6.45) is 2.19. The quantitative estimate of drug-likeness (QED) is 0.890. The molecule has 1 N–H and O–H groups in total. The van der Waals surface area contributed by atoms with E-state index in [0.29, 0.717) is 13.2 Å². The van der Waals surface area contributed by atoms with Crippen molar-refractivity contribution in [3.63, 3.8) is 0 Å². The third-order valence-corrected chi connectivity index (χ3v) is 3.37. The van der Waals surface area contributed by atoms with Gasteiger partial charge in [0.1, 0.15) is 18.2 Å². The van der Waals surface area contributed by atoms with Gasteiger partial charge in [-0.15, -0.1) is 0 Å². The minimum absolute atomic E-state index is 0.0510. The normalized spacial score (nSPS) is 21.6. The molecule has 0 radical (unpaired) electrons. The standard InChI is InChI=1S/C15H22FNO2/c1-15(2)7-6-13(19-15)10-18-14-5-4-12(16)8-11(14)9-17-3/h4-5,8,13,17H,6-7,9-10H2,1-3H3. The fourth-order valence-electron chi connectivity index (χ4n) is 2.40.